The zero-order valence-electron chi connectivity index (χ0n) is 7.83. The maximum Gasteiger partial charge on any atom is 0.148 e. The molecule has 0 spiro atoms. The number of benzene rings is 1. The van der Waals surface area contributed by atoms with Gasteiger partial charge in [0.15, 0.2) is 0 Å². The van der Waals surface area contributed by atoms with Gasteiger partial charge in [0.25, 0.3) is 0 Å². The monoisotopic (exact) mass is 175 g/mol. The second-order valence-electron chi connectivity index (χ2n) is 3.51. The van der Waals surface area contributed by atoms with Crippen molar-refractivity contribution in [2.24, 2.45) is 0 Å². The van der Waals surface area contributed by atoms with E-state index < -0.39 is 0 Å². The van der Waals surface area contributed by atoms with Crippen LogP contribution in [0.15, 0.2) is 30.3 Å². The summed E-state index contributed by atoms with van der Waals surface area (Å²) in [6, 6.07) is 10.1. The zero-order chi connectivity index (χ0) is 8.93. The lowest BCUT2D eigenvalue weighted by Gasteiger charge is -2.21. The van der Waals surface area contributed by atoms with Crippen molar-refractivity contribution in [3.63, 3.8) is 0 Å². The molecule has 1 nitrogen and oxygen atoms in total. The van der Waals surface area contributed by atoms with Crippen LogP contribution in [-0.2, 0) is 0 Å². The van der Waals surface area contributed by atoms with E-state index in [1.165, 1.54) is 25.4 Å². The van der Waals surface area contributed by atoms with E-state index in [4.69, 9.17) is 4.74 Å². The van der Waals surface area contributed by atoms with Crippen LogP contribution in [0.3, 0.4) is 0 Å². The lowest BCUT2D eigenvalue weighted by atomic mass is 9.98. The van der Waals surface area contributed by atoms with Crippen LogP contribution >= 0.6 is 0 Å². The molecule has 1 saturated carbocycles. The first-order chi connectivity index (χ1) is 6.45. The summed E-state index contributed by atoms with van der Waals surface area (Å²) in [7, 11) is 0. The van der Waals surface area contributed by atoms with Crippen LogP contribution in [0.25, 0.3) is 0 Å². The number of rotatable bonds is 2. The Morgan fingerprint density at radius 2 is 1.54 bits per heavy atom. The Morgan fingerprint density at radius 1 is 0.846 bits per heavy atom. The molecule has 69 valence electrons. The number of hydrogen-bond acceptors (Lipinski definition) is 1. The van der Waals surface area contributed by atoms with E-state index in [9.17, 15) is 0 Å². The van der Waals surface area contributed by atoms with Crippen molar-refractivity contribution in [1.29, 1.82) is 0 Å². The molecular formula is C12H15O. The fraction of sp³-hybridized carbons (Fsp3) is 0.417. The molecule has 0 saturated heterocycles. The normalized spacial score (nSPS) is 18.5. The predicted octanol–water partition coefficient (Wildman–Crippen LogP) is 3.56. The molecule has 0 amide bonds. The van der Waals surface area contributed by atoms with E-state index in [-0.39, 0.29) is 0 Å². The van der Waals surface area contributed by atoms with Gasteiger partial charge < -0.3 is 4.74 Å². The third-order valence-corrected chi connectivity index (χ3v) is 2.42. The van der Waals surface area contributed by atoms with Gasteiger partial charge in [-0.3, -0.25) is 0 Å². The van der Waals surface area contributed by atoms with Crippen molar-refractivity contribution < 1.29 is 4.74 Å². The highest BCUT2D eigenvalue weighted by molar-refractivity contribution is 5.22. The largest absolute Gasteiger partial charge is 0.483 e. The molecule has 1 aromatic carbocycles. The average molecular weight is 175 g/mol. The van der Waals surface area contributed by atoms with Gasteiger partial charge in [-0.05, 0) is 37.8 Å². The molecule has 0 bridgehead atoms. The van der Waals surface area contributed by atoms with Crippen LogP contribution in [-0.4, -0.2) is 0 Å². The van der Waals surface area contributed by atoms with Crippen LogP contribution in [0.2, 0.25) is 0 Å². The topological polar surface area (TPSA) is 9.23 Å². The number of ether oxygens (including phenoxy) is 1. The van der Waals surface area contributed by atoms with Crippen molar-refractivity contribution in [3.05, 3.63) is 36.4 Å². The first-order valence-corrected chi connectivity index (χ1v) is 5.03. The number of para-hydroxylation sites is 1. The molecule has 1 fully saturated rings. The van der Waals surface area contributed by atoms with E-state index in [2.05, 4.69) is 0 Å². The van der Waals surface area contributed by atoms with Crippen LogP contribution in [0, 0.1) is 6.10 Å². The molecule has 1 aromatic rings. The van der Waals surface area contributed by atoms with Gasteiger partial charge in [-0.15, -0.1) is 0 Å². The number of hydrogen-bond donors (Lipinski definition) is 0. The summed E-state index contributed by atoms with van der Waals surface area (Å²) in [4.78, 5) is 0. The third kappa shape index (κ3) is 2.48. The maximum atomic E-state index is 5.77. The van der Waals surface area contributed by atoms with Gasteiger partial charge in [0.1, 0.15) is 11.9 Å². The van der Waals surface area contributed by atoms with E-state index >= 15 is 0 Å². The van der Waals surface area contributed by atoms with E-state index in [0.29, 0.717) is 0 Å². The van der Waals surface area contributed by atoms with Gasteiger partial charge in [0.05, 0.1) is 0 Å². The fourth-order valence-electron chi connectivity index (χ4n) is 1.70. The lowest BCUT2D eigenvalue weighted by molar-refractivity contribution is 0.259. The summed E-state index contributed by atoms with van der Waals surface area (Å²) in [6.45, 7) is 0. The van der Waals surface area contributed by atoms with Gasteiger partial charge in [-0.25, -0.2) is 0 Å². The Kier molecular flexibility index (Phi) is 2.86. The highest BCUT2D eigenvalue weighted by atomic mass is 16.5. The second-order valence-corrected chi connectivity index (χ2v) is 3.51. The fourth-order valence-corrected chi connectivity index (χ4v) is 1.70. The lowest BCUT2D eigenvalue weighted by Crippen LogP contribution is -2.10. The Labute approximate surface area is 79.7 Å². The van der Waals surface area contributed by atoms with Crippen molar-refractivity contribution in [1.82, 2.24) is 0 Å². The molecule has 1 heteroatoms. The Hall–Kier alpha value is -0.980. The maximum absolute atomic E-state index is 5.77. The third-order valence-electron chi connectivity index (χ3n) is 2.42. The van der Waals surface area contributed by atoms with Crippen molar-refractivity contribution in [3.8, 4) is 5.75 Å². The molecule has 1 aliphatic carbocycles. The quantitative estimate of drug-likeness (QED) is 0.667. The summed E-state index contributed by atoms with van der Waals surface area (Å²) in [5.41, 5.74) is 0. The van der Waals surface area contributed by atoms with Gasteiger partial charge >= 0.3 is 0 Å². The van der Waals surface area contributed by atoms with Crippen LogP contribution < -0.4 is 4.74 Å². The summed E-state index contributed by atoms with van der Waals surface area (Å²) < 4.78 is 5.77. The van der Waals surface area contributed by atoms with Crippen LogP contribution in [0.5, 0.6) is 5.75 Å². The Balaban J connectivity index is 1.90. The molecule has 0 aromatic heterocycles. The molecule has 0 atom stereocenters. The Morgan fingerprint density at radius 3 is 2.23 bits per heavy atom. The zero-order valence-corrected chi connectivity index (χ0v) is 7.83. The molecule has 0 unspecified atom stereocenters. The van der Waals surface area contributed by atoms with Gasteiger partial charge in [-0.1, -0.05) is 24.6 Å². The smallest absolute Gasteiger partial charge is 0.148 e. The second kappa shape index (κ2) is 4.31. The standard InChI is InChI=1S/C12H15O/c1-3-7-11(8-4-1)13-12-9-5-2-6-10-12/h1,3-4,7-8H,2,5-6,9-10H2. The molecule has 13 heavy (non-hydrogen) atoms. The average Bonchev–Trinajstić information content (AvgIpc) is 2.21. The molecule has 1 aliphatic rings. The summed E-state index contributed by atoms with van der Waals surface area (Å²) >= 11 is 0. The highest BCUT2D eigenvalue weighted by Crippen LogP contribution is 2.28. The summed E-state index contributed by atoms with van der Waals surface area (Å²) in [5, 5.41) is 0. The van der Waals surface area contributed by atoms with Gasteiger partial charge in [0.2, 0.25) is 0 Å². The Bertz CT molecular complexity index is 237. The minimum Gasteiger partial charge on any atom is -0.483 e. The van der Waals surface area contributed by atoms with Crippen molar-refractivity contribution in [2.45, 2.75) is 32.1 Å². The molecular weight excluding hydrogens is 160 g/mol. The molecule has 0 heterocycles. The minimum absolute atomic E-state index is 0.986. The van der Waals surface area contributed by atoms with E-state index in [1.54, 1.807) is 0 Å². The first kappa shape index (κ1) is 8.61. The molecule has 1 radical (unpaired) electrons. The van der Waals surface area contributed by atoms with Gasteiger partial charge in [-0.2, -0.15) is 0 Å². The van der Waals surface area contributed by atoms with Crippen molar-refractivity contribution >= 4 is 0 Å². The summed E-state index contributed by atoms with van der Waals surface area (Å²) in [6.07, 6.45) is 7.51. The minimum atomic E-state index is 0.986. The first-order valence-electron chi connectivity index (χ1n) is 5.03. The molecule has 0 aliphatic heterocycles. The molecule has 0 N–H and O–H groups in total. The van der Waals surface area contributed by atoms with Gasteiger partial charge in [0, 0.05) is 0 Å². The van der Waals surface area contributed by atoms with E-state index in [1.807, 2.05) is 30.3 Å². The predicted molar refractivity (Wildman–Crippen MR) is 53.4 cm³/mol. The van der Waals surface area contributed by atoms with Crippen LogP contribution in [0.4, 0.5) is 0 Å². The highest BCUT2D eigenvalue weighted by Gasteiger charge is 2.15. The SMILES string of the molecule is c1ccc(O[C]2CCCCC2)cc1. The molecule has 2 rings (SSSR count). The van der Waals surface area contributed by atoms with Crippen molar-refractivity contribution in [2.75, 3.05) is 0 Å². The van der Waals surface area contributed by atoms with Crippen LogP contribution in [0.1, 0.15) is 32.1 Å². The van der Waals surface area contributed by atoms with E-state index in [0.717, 1.165) is 18.6 Å². The summed E-state index contributed by atoms with van der Waals surface area (Å²) in [5.74, 6) is 0.986.